The number of carbonyl (C=O) groups is 2. The van der Waals surface area contributed by atoms with E-state index in [9.17, 15) is 9.59 Å². The van der Waals surface area contributed by atoms with Crippen LogP contribution in [0.1, 0.15) is 39.6 Å². The van der Waals surface area contributed by atoms with E-state index in [1.165, 1.54) is 0 Å². The van der Waals surface area contributed by atoms with Crippen LogP contribution in [0.2, 0.25) is 0 Å². The molecule has 0 bridgehead atoms. The second-order valence-electron chi connectivity index (χ2n) is 7.77. The fraction of sp³-hybridized carbons (Fsp3) is 0.0690. The van der Waals surface area contributed by atoms with Crippen molar-refractivity contribution in [1.82, 2.24) is 10.3 Å². The van der Waals surface area contributed by atoms with Crippen LogP contribution >= 0.6 is 0 Å². The molecule has 4 aromatic rings. The number of pyridine rings is 1. The molecule has 2 N–H and O–H groups in total. The van der Waals surface area contributed by atoms with E-state index in [0.717, 1.165) is 16.8 Å². The number of rotatable bonds is 8. The Labute approximate surface area is 199 Å². The third-order valence-electron chi connectivity index (χ3n) is 5.24. The molecule has 1 heterocycles. The van der Waals surface area contributed by atoms with E-state index in [0.29, 0.717) is 11.3 Å². The second kappa shape index (κ2) is 11.4. The Bertz CT molecular complexity index is 1260. The third-order valence-corrected chi connectivity index (χ3v) is 5.24. The van der Waals surface area contributed by atoms with Gasteiger partial charge in [-0.25, -0.2) is 0 Å². The Kier molecular flexibility index (Phi) is 7.59. The molecule has 2 amide bonds. The zero-order valence-electron chi connectivity index (χ0n) is 18.6. The minimum absolute atomic E-state index is 0.108. The molecule has 0 radical (unpaired) electrons. The van der Waals surface area contributed by atoms with Gasteiger partial charge in [-0.15, -0.1) is 0 Å². The van der Waals surface area contributed by atoms with Gasteiger partial charge in [0.25, 0.3) is 5.91 Å². The maximum Gasteiger partial charge on any atom is 0.251 e. The van der Waals surface area contributed by atoms with Gasteiger partial charge < -0.3 is 10.6 Å². The lowest BCUT2D eigenvalue weighted by molar-refractivity contribution is -0.116. The quantitative estimate of drug-likeness (QED) is 0.361. The first kappa shape index (κ1) is 22.7. The predicted octanol–water partition coefficient (Wildman–Crippen LogP) is 5.75. The van der Waals surface area contributed by atoms with E-state index in [2.05, 4.69) is 15.6 Å². The molecule has 4 rings (SSSR count). The SMILES string of the molecule is O=C(C[C@@H](NC(=O)c1ccccc1)c1ccccc1)Nc1cccc(/C=C/c2ccccn2)c1. The lowest BCUT2D eigenvalue weighted by Gasteiger charge is -2.19. The standard InChI is InChI=1S/C29H25N3O2/c33-28(31-26-16-9-10-22(20-26)17-18-25-15-7-8-19-30-25)21-27(23-11-3-1-4-12-23)32-29(34)24-13-5-2-6-14-24/h1-20,27H,21H2,(H,31,33)(H,32,34)/b18-17+/t27-/m1/s1. The third kappa shape index (κ3) is 6.50. The zero-order chi connectivity index (χ0) is 23.6. The normalized spacial score (nSPS) is 11.6. The summed E-state index contributed by atoms with van der Waals surface area (Å²) in [6.45, 7) is 0. The second-order valence-corrected chi connectivity index (χ2v) is 7.77. The van der Waals surface area contributed by atoms with E-state index in [1.807, 2.05) is 103 Å². The molecule has 3 aromatic carbocycles. The van der Waals surface area contributed by atoms with Gasteiger partial charge >= 0.3 is 0 Å². The number of nitrogens with one attached hydrogen (secondary N) is 2. The Morgan fingerprint density at radius 1 is 0.794 bits per heavy atom. The van der Waals surface area contributed by atoms with Crippen molar-refractivity contribution in [2.24, 2.45) is 0 Å². The molecule has 0 fully saturated rings. The van der Waals surface area contributed by atoms with Crippen LogP contribution in [0.5, 0.6) is 0 Å². The topological polar surface area (TPSA) is 71.1 Å². The number of amides is 2. The van der Waals surface area contributed by atoms with Crippen LogP contribution in [0.15, 0.2) is 109 Å². The lowest BCUT2D eigenvalue weighted by atomic mass is 10.0. The van der Waals surface area contributed by atoms with Crippen LogP contribution in [0.25, 0.3) is 12.2 Å². The fourth-order valence-electron chi connectivity index (χ4n) is 3.54. The summed E-state index contributed by atoms with van der Waals surface area (Å²) in [5, 5.41) is 5.95. The van der Waals surface area contributed by atoms with E-state index in [-0.39, 0.29) is 18.2 Å². The molecule has 5 nitrogen and oxygen atoms in total. The number of nitrogens with zero attached hydrogens (tertiary/aromatic N) is 1. The molecule has 0 unspecified atom stereocenters. The Morgan fingerprint density at radius 2 is 1.53 bits per heavy atom. The van der Waals surface area contributed by atoms with E-state index < -0.39 is 6.04 Å². The molecule has 0 saturated carbocycles. The van der Waals surface area contributed by atoms with Gasteiger partial charge in [0, 0.05) is 17.4 Å². The first-order chi connectivity index (χ1) is 16.7. The van der Waals surface area contributed by atoms with Gasteiger partial charge in [-0.2, -0.15) is 0 Å². The number of anilines is 1. The average Bonchev–Trinajstić information content (AvgIpc) is 2.89. The first-order valence-electron chi connectivity index (χ1n) is 11.1. The summed E-state index contributed by atoms with van der Waals surface area (Å²) in [7, 11) is 0. The zero-order valence-corrected chi connectivity index (χ0v) is 18.6. The van der Waals surface area contributed by atoms with Crippen LogP contribution in [0, 0.1) is 0 Å². The molecule has 0 saturated heterocycles. The van der Waals surface area contributed by atoms with Crippen LogP contribution in [-0.4, -0.2) is 16.8 Å². The predicted molar refractivity (Wildman–Crippen MR) is 136 cm³/mol. The molecule has 34 heavy (non-hydrogen) atoms. The minimum Gasteiger partial charge on any atom is -0.345 e. The minimum atomic E-state index is -0.457. The van der Waals surface area contributed by atoms with Crippen molar-refractivity contribution in [3.63, 3.8) is 0 Å². The molecule has 1 aromatic heterocycles. The van der Waals surface area contributed by atoms with Gasteiger partial charge in [-0.1, -0.05) is 72.8 Å². The van der Waals surface area contributed by atoms with Crippen LogP contribution < -0.4 is 10.6 Å². The molecule has 1 atom stereocenters. The summed E-state index contributed by atoms with van der Waals surface area (Å²) in [6, 6.07) is 31.4. The van der Waals surface area contributed by atoms with Crippen molar-refractivity contribution in [3.8, 4) is 0 Å². The molecule has 0 aliphatic carbocycles. The van der Waals surface area contributed by atoms with Crippen LogP contribution in [0.4, 0.5) is 5.69 Å². The summed E-state index contributed by atoms with van der Waals surface area (Å²) in [5.74, 6) is -0.406. The van der Waals surface area contributed by atoms with Gasteiger partial charge in [0.05, 0.1) is 18.2 Å². The Hall–Kier alpha value is -4.51. The molecule has 0 spiro atoms. The largest absolute Gasteiger partial charge is 0.345 e. The Balaban J connectivity index is 1.44. The maximum atomic E-state index is 12.9. The molecule has 168 valence electrons. The number of benzene rings is 3. The van der Waals surface area contributed by atoms with Crippen molar-refractivity contribution >= 4 is 29.7 Å². The monoisotopic (exact) mass is 447 g/mol. The Morgan fingerprint density at radius 3 is 2.26 bits per heavy atom. The van der Waals surface area contributed by atoms with Crippen molar-refractivity contribution in [1.29, 1.82) is 0 Å². The molecule has 5 heteroatoms. The van der Waals surface area contributed by atoms with Gasteiger partial charge in [0.15, 0.2) is 0 Å². The first-order valence-corrected chi connectivity index (χ1v) is 11.1. The highest BCUT2D eigenvalue weighted by Gasteiger charge is 2.19. The highest BCUT2D eigenvalue weighted by molar-refractivity contribution is 5.96. The molecular formula is C29H25N3O2. The van der Waals surface area contributed by atoms with Gasteiger partial charge in [-0.05, 0) is 53.6 Å². The molecular weight excluding hydrogens is 422 g/mol. The summed E-state index contributed by atoms with van der Waals surface area (Å²) >= 11 is 0. The number of hydrogen-bond donors (Lipinski definition) is 2. The number of aromatic nitrogens is 1. The van der Waals surface area contributed by atoms with Crippen molar-refractivity contribution in [2.45, 2.75) is 12.5 Å². The van der Waals surface area contributed by atoms with E-state index >= 15 is 0 Å². The lowest BCUT2D eigenvalue weighted by Crippen LogP contribution is -2.31. The van der Waals surface area contributed by atoms with Gasteiger partial charge in [-0.3, -0.25) is 14.6 Å². The van der Waals surface area contributed by atoms with Gasteiger partial charge in [0.1, 0.15) is 0 Å². The van der Waals surface area contributed by atoms with Gasteiger partial charge in [0.2, 0.25) is 5.91 Å². The molecule has 0 aliphatic rings. The summed E-state index contributed by atoms with van der Waals surface area (Å²) in [4.78, 5) is 29.9. The number of carbonyl (C=O) groups excluding carboxylic acids is 2. The molecule has 0 aliphatic heterocycles. The van der Waals surface area contributed by atoms with Crippen molar-refractivity contribution in [3.05, 3.63) is 132 Å². The highest BCUT2D eigenvalue weighted by atomic mass is 16.2. The fourth-order valence-corrected chi connectivity index (χ4v) is 3.54. The highest BCUT2D eigenvalue weighted by Crippen LogP contribution is 2.20. The van der Waals surface area contributed by atoms with E-state index in [4.69, 9.17) is 0 Å². The number of hydrogen-bond acceptors (Lipinski definition) is 3. The van der Waals surface area contributed by atoms with Crippen LogP contribution in [0.3, 0.4) is 0 Å². The summed E-state index contributed by atoms with van der Waals surface area (Å²) < 4.78 is 0. The average molecular weight is 448 g/mol. The van der Waals surface area contributed by atoms with Crippen molar-refractivity contribution < 1.29 is 9.59 Å². The van der Waals surface area contributed by atoms with Crippen molar-refractivity contribution in [2.75, 3.05) is 5.32 Å². The maximum absolute atomic E-state index is 12.9. The van der Waals surface area contributed by atoms with Crippen LogP contribution in [-0.2, 0) is 4.79 Å². The summed E-state index contributed by atoms with van der Waals surface area (Å²) in [6.07, 6.45) is 5.73. The van der Waals surface area contributed by atoms with E-state index in [1.54, 1.807) is 18.3 Å². The summed E-state index contributed by atoms with van der Waals surface area (Å²) in [5.41, 5.74) is 3.91. The smallest absolute Gasteiger partial charge is 0.251 e.